The van der Waals surface area contributed by atoms with Crippen molar-refractivity contribution in [3.63, 3.8) is 0 Å². The molecular weight excluding hydrogens is 324 g/mol. The summed E-state index contributed by atoms with van der Waals surface area (Å²) in [6.07, 6.45) is 5.78. The van der Waals surface area contributed by atoms with E-state index in [1.165, 1.54) is 12.5 Å². The smallest absolute Gasteiger partial charge is 0.341 e. The normalized spacial score (nSPS) is 15.6. The minimum atomic E-state index is -0.388. The summed E-state index contributed by atoms with van der Waals surface area (Å²) in [5, 5.41) is 13.3. The Balaban J connectivity index is 1.94. The summed E-state index contributed by atoms with van der Waals surface area (Å²) in [6.45, 7) is 5.30. The van der Waals surface area contributed by atoms with Gasteiger partial charge in [0.15, 0.2) is 5.57 Å². The summed E-state index contributed by atoms with van der Waals surface area (Å²) >= 11 is 0. The fraction of sp³-hybridized carbons (Fsp3) is 0.529. The lowest BCUT2D eigenvalue weighted by Gasteiger charge is -2.31. The van der Waals surface area contributed by atoms with Crippen LogP contribution in [0.3, 0.4) is 0 Å². The maximum atomic E-state index is 12.3. The second-order valence-electron chi connectivity index (χ2n) is 5.55. The predicted molar refractivity (Wildman–Crippen MR) is 88.4 cm³/mol. The van der Waals surface area contributed by atoms with E-state index in [4.69, 9.17) is 14.7 Å². The highest BCUT2D eigenvalue weighted by Gasteiger charge is 2.27. The standard InChI is InChI=1S/C17H22N4O4/c1-3-24-12-13(9-18)16(22)20-7-5-15(6-8-20)21-11-14(10-19-21)17(23)25-4-2/h10-12,15H,3-8H2,1-2H3. The Morgan fingerprint density at radius 2 is 2.08 bits per heavy atom. The third-order valence-corrected chi connectivity index (χ3v) is 3.96. The Kier molecular flexibility index (Phi) is 6.57. The van der Waals surface area contributed by atoms with Gasteiger partial charge in [0.25, 0.3) is 5.91 Å². The van der Waals surface area contributed by atoms with Crippen molar-refractivity contribution in [2.45, 2.75) is 32.7 Å². The molecule has 1 aliphatic heterocycles. The van der Waals surface area contributed by atoms with Crippen LogP contribution in [0.4, 0.5) is 0 Å². The van der Waals surface area contributed by atoms with Gasteiger partial charge in [0.2, 0.25) is 0 Å². The number of hydrogen-bond donors (Lipinski definition) is 0. The lowest BCUT2D eigenvalue weighted by atomic mass is 10.0. The molecule has 0 unspecified atom stereocenters. The van der Waals surface area contributed by atoms with Gasteiger partial charge >= 0.3 is 5.97 Å². The third kappa shape index (κ3) is 4.59. The highest BCUT2D eigenvalue weighted by molar-refractivity contribution is 5.97. The first kappa shape index (κ1) is 18.5. The Morgan fingerprint density at radius 1 is 1.36 bits per heavy atom. The van der Waals surface area contributed by atoms with E-state index < -0.39 is 0 Å². The number of carbonyl (C=O) groups excluding carboxylic acids is 2. The van der Waals surface area contributed by atoms with Gasteiger partial charge in [-0.1, -0.05) is 0 Å². The van der Waals surface area contributed by atoms with Gasteiger partial charge in [-0.25, -0.2) is 4.79 Å². The number of nitrogens with zero attached hydrogens (tertiary/aromatic N) is 4. The molecule has 1 aliphatic rings. The number of ether oxygens (including phenoxy) is 2. The largest absolute Gasteiger partial charge is 0.500 e. The SMILES string of the molecule is CCOC=C(C#N)C(=O)N1CCC(n2cc(C(=O)OCC)cn2)CC1. The van der Waals surface area contributed by atoms with Crippen molar-refractivity contribution in [1.82, 2.24) is 14.7 Å². The van der Waals surface area contributed by atoms with Crippen LogP contribution in [-0.2, 0) is 14.3 Å². The van der Waals surface area contributed by atoms with Gasteiger partial charge in [0, 0.05) is 19.3 Å². The lowest BCUT2D eigenvalue weighted by Crippen LogP contribution is -2.39. The van der Waals surface area contributed by atoms with Crippen molar-refractivity contribution in [2.75, 3.05) is 26.3 Å². The number of rotatable bonds is 6. The molecule has 0 bridgehead atoms. The molecule has 8 nitrogen and oxygen atoms in total. The molecular formula is C17H22N4O4. The molecule has 0 N–H and O–H groups in total. The fourth-order valence-electron chi connectivity index (χ4n) is 2.65. The first-order valence-electron chi connectivity index (χ1n) is 8.33. The topological polar surface area (TPSA) is 97.5 Å². The van der Waals surface area contributed by atoms with Crippen LogP contribution in [0.2, 0.25) is 0 Å². The van der Waals surface area contributed by atoms with Crippen molar-refractivity contribution < 1.29 is 19.1 Å². The van der Waals surface area contributed by atoms with Gasteiger partial charge in [0.1, 0.15) is 12.3 Å². The molecule has 1 saturated heterocycles. The first-order valence-corrected chi connectivity index (χ1v) is 8.33. The summed E-state index contributed by atoms with van der Waals surface area (Å²) in [5.74, 6) is -0.705. The molecule has 0 saturated carbocycles. The van der Waals surface area contributed by atoms with Crippen LogP contribution in [-0.4, -0.2) is 52.9 Å². The quantitative estimate of drug-likeness (QED) is 0.336. The van der Waals surface area contributed by atoms with Crippen LogP contribution in [0, 0.1) is 11.3 Å². The van der Waals surface area contributed by atoms with Crippen LogP contribution in [0.15, 0.2) is 24.2 Å². The van der Waals surface area contributed by atoms with E-state index in [0.29, 0.717) is 44.7 Å². The molecule has 25 heavy (non-hydrogen) atoms. The van der Waals surface area contributed by atoms with Crippen LogP contribution in [0.5, 0.6) is 0 Å². The van der Waals surface area contributed by atoms with Crippen LogP contribution >= 0.6 is 0 Å². The number of hydrogen-bond acceptors (Lipinski definition) is 6. The number of carbonyl (C=O) groups is 2. The zero-order valence-corrected chi connectivity index (χ0v) is 14.5. The molecule has 0 spiro atoms. The number of amides is 1. The average Bonchev–Trinajstić information content (AvgIpc) is 3.13. The Bertz CT molecular complexity index is 681. The van der Waals surface area contributed by atoms with Crippen molar-refractivity contribution >= 4 is 11.9 Å². The van der Waals surface area contributed by atoms with Gasteiger partial charge in [-0.05, 0) is 26.7 Å². The minimum absolute atomic E-state index is 0.00369. The van der Waals surface area contributed by atoms with Crippen LogP contribution < -0.4 is 0 Å². The lowest BCUT2D eigenvalue weighted by molar-refractivity contribution is -0.128. The highest BCUT2D eigenvalue weighted by atomic mass is 16.5. The molecule has 0 atom stereocenters. The molecule has 8 heteroatoms. The molecule has 1 aromatic rings. The molecule has 0 aromatic carbocycles. The van der Waals surface area contributed by atoms with Gasteiger partial charge in [0.05, 0.1) is 31.0 Å². The average molecular weight is 346 g/mol. The molecule has 2 heterocycles. The summed E-state index contributed by atoms with van der Waals surface area (Å²) in [5.41, 5.74) is 0.427. The third-order valence-electron chi connectivity index (χ3n) is 3.96. The minimum Gasteiger partial charge on any atom is -0.500 e. The van der Waals surface area contributed by atoms with E-state index >= 15 is 0 Å². The number of piperidine rings is 1. The monoisotopic (exact) mass is 346 g/mol. The molecule has 1 fully saturated rings. The molecule has 2 rings (SSSR count). The molecule has 1 amide bonds. The van der Waals surface area contributed by atoms with Gasteiger partial charge in [-0.3, -0.25) is 9.48 Å². The zero-order chi connectivity index (χ0) is 18.2. The molecule has 0 radical (unpaired) electrons. The van der Waals surface area contributed by atoms with Gasteiger partial charge in [-0.15, -0.1) is 0 Å². The predicted octanol–water partition coefficient (Wildman–Crippen LogP) is 1.67. The molecule has 1 aromatic heterocycles. The summed E-state index contributed by atoms with van der Waals surface area (Å²) in [7, 11) is 0. The van der Waals surface area contributed by atoms with Gasteiger partial charge in [-0.2, -0.15) is 10.4 Å². The maximum Gasteiger partial charge on any atom is 0.341 e. The van der Waals surface area contributed by atoms with E-state index in [2.05, 4.69) is 5.10 Å². The second-order valence-corrected chi connectivity index (χ2v) is 5.55. The van der Waals surface area contributed by atoms with E-state index in [1.807, 2.05) is 6.07 Å². The number of nitriles is 1. The number of aromatic nitrogens is 2. The molecule has 134 valence electrons. The number of esters is 1. The van der Waals surface area contributed by atoms with E-state index in [-0.39, 0.29) is 23.5 Å². The fourth-order valence-corrected chi connectivity index (χ4v) is 2.65. The van der Waals surface area contributed by atoms with E-state index in [1.54, 1.807) is 29.6 Å². The highest BCUT2D eigenvalue weighted by Crippen LogP contribution is 2.23. The van der Waals surface area contributed by atoms with E-state index in [9.17, 15) is 9.59 Å². The van der Waals surface area contributed by atoms with Crippen LogP contribution in [0.1, 0.15) is 43.1 Å². The summed E-state index contributed by atoms with van der Waals surface area (Å²) in [4.78, 5) is 25.7. The van der Waals surface area contributed by atoms with Crippen molar-refractivity contribution in [3.05, 3.63) is 29.8 Å². The second kappa shape index (κ2) is 8.87. The van der Waals surface area contributed by atoms with Gasteiger partial charge < -0.3 is 14.4 Å². The van der Waals surface area contributed by atoms with E-state index in [0.717, 1.165) is 0 Å². The summed E-state index contributed by atoms with van der Waals surface area (Å²) in [6, 6.07) is 1.99. The van der Waals surface area contributed by atoms with Crippen molar-refractivity contribution in [2.24, 2.45) is 0 Å². The first-order chi connectivity index (χ1) is 12.1. The van der Waals surface area contributed by atoms with Crippen molar-refractivity contribution in [3.8, 4) is 6.07 Å². The Morgan fingerprint density at radius 3 is 2.68 bits per heavy atom. The van der Waals surface area contributed by atoms with Crippen molar-refractivity contribution in [1.29, 1.82) is 5.26 Å². The summed E-state index contributed by atoms with van der Waals surface area (Å²) < 4.78 is 11.7. The Hall–Kier alpha value is -2.82. The maximum absolute atomic E-state index is 12.3. The molecule has 0 aliphatic carbocycles. The Labute approximate surface area is 146 Å². The zero-order valence-electron chi connectivity index (χ0n) is 14.5. The van der Waals surface area contributed by atoms with Crippen LogP contribution in [0.25, 0.3) is 0 Å². The number of likely N-dealkylation sites (tertiary alicyclic amines) is 1.